The van der Waals surface area contributed by atoms with Gasteiger partial charge in [-0.15, -0.1) is 11.3 Å². The molecule has 0 aliphatic carbocycles. The molecule has 43 heavy (non-hydrogen) atoms. The summed E-state index contributed by atoms with van der Waals surface area (Å²) in [5, 5.41) is 6.71. The highest BCUT2D eigenvalue weighted by atomic mass is 35.5. The quantitative estimate of drug-likeness (QED) is 0.237. The Bertz CT molecular complexity index is 1710. The van der Waals surface area contributed by atoms with Crippen LogP contribution in [0.25, 0.3) is 10.2 Å². The first kappa shape index (κ1) is 29.2. The van der Waals surface area contributed by atoms with Gasteiger partial charge < -0.3 is 29.6 Å². The minimum Gasteiger partial charge on any atom is -0.495 e. The van der Waals surface area contributed by atoms with Crippen molar-refractivity contribution in [3.8, 4) is 17.2 Å². The third kappa shape index (κ3) is 5.74. The lowest BCUT2D eigenvalue weighted by atomic mass is 10.2. The van der Waals surface area contributed by atoms with Crippen molar-refractivity contribution in [1.29, 1.82) is 0 Å². The molecular formula is C28H26Cl2N6O6S. The number of nitrogens with one attached hydrogen (secondary N) is 2. The maximum atomic E-state index is 13.5. The second-order valence-corrected chi connectivity index (χ2v) is 11.3. The number of benzene rings is 2. The monoisotopic (exact) mass is 644 g/mol. The first-order chi connectivity index (χ1) is 20.9. The third-order valence-electron chi connectivity index (χ3n) is 6.97. The van der Waals surface area contributed by atoms with Crippen LogP contribution in [0.2, 0.25) is 10.0 Å². The zero-order valence-electron chi connectivity index (χ0n) is 23.1. The van der Waals surface area contributed by atoms with Crippen LogP contribution in [0.5, 0.6) is 17.2 Å². The van der Waals surface area contributed by atoms with Crippen molar-refractivity contribution in [2.75, 3.05) is 69.2 Å². The molecule has 15 heteroatoms. The van der Waals surface area contributed by atoms with Gasteiger partial charge in [-0.1, -0.05) is 23.2 Å². The highest BCUT2D eigenvalue weighted by Crippen LogP contribution is 2.47. The average molecular weight is 646 g/mol. The van der Waals surface area contributed by atoms with E-state index in [0.29, 0.717) is 56.2 Å². The van der Waals surface area contributed by atoms with Gasteiger partial charge >= 0.3 is 6.03 Å². The molecule has 0 atom stereocenters. The molecule has 2 aliphatic rings. The van der Waals surface area contributed by atoms with Crippen molar-refractivity contribution >= 4 is 79.6 Å². The number of methoxy groups -OCH3 is 2. The normalized spacial score (nSPS) is 14.9. The summed E-state index contributed by atoms with van der Waals surface area (Å²) < 4.78 is 22.2. The molecule has 0 saturated carbocycles. The number of urea groups is 1. The van der Waals surface area contributed by atoms with E-state index in [4.69, 9.17) is 42.1 Å². The lowest BCUT2D eigenvalue weighted by Crippen LogP contribution is -2.38. The van der Waals surface area contributed by atoms with E-state index in [1.807, 2.05) is 0 Å². The van der Waals surface area contributed by atoms with Crippen LogP contribution >= 0.6 is 34.5 Å². The zero-order chi connectivity index (χ0) is 30.1. The number of aromatic nitrogens is 2. The highest BCUT2D eigenvalue weighted by molar-refractivity contribution is 7.21. The van der Waals surface area contributed by atoms with Crippen molar-refractivity contribution < 1.29 is 28.5 Å². The minimum absolute atomic E-state index is 0.215. The molecule has 12 nitrogen and oxygen atoms in total. The molecule has 1 fully saturated rings. The number of morpholine rings is 1. The Morgan fingerprint density at radius 3 is 2.63 bits per heavy atom. The van der Waals surface area contributed by atoms with Crippen molar-refractivity contribution in [2.45, 2.75) is 0 Å². The number of carbonyl (C=O) groups is 2. The average Bonchev–Trinajstić information content (AvgIpc) is 3.38. The van der Waals surface area contributed by atoms with Crippen LogP contribution < -0.4 is 29.7 Å². The third-order valence-corrected chi connectivity index (χ3v) is 8.67. The molecule has 2 N–H and O–H groups in total. The number of anilines is 4. The fraction of sp³-hybridized carbons (Fsp3) is 0.286. The molecule has 6 rings (SSSR count). The molecule has 4 aromatic rings. The van der Waals surface area contributed by atoms with Crippen molar-refractivity contribution in [3.63, 3.8) is 0 Å². The number of ether oxygens (including phenoxy) is 4. The minimum atomic E-state index is -0.563. The predicted molar refractivity (Wildman–Crippen MR) is 165 cm³/mol. The Morgan fingerprint density at radius 2 is 1.86 bits per heavy atom. The largest absolute Gasteiger partial charge is 0.495 e. The lowest BCUT2D eigenvalue weighted by molar-refractivity contribution is 0.0321. The first-order valence-corrected chi connectivity index (χ1v) is 14.8. The molecule has 224 valence electrons. The van der Waals surface area contributed by atoms with Gasteiger partial charge in [0.05, 0.1) is 54.2 Å². The molecule has 0 spiro atoms. The maximum absolute atomic E-state index is 13.5. The molecule has 3 amide bonds. The first-order valence-electron chi connectivity index (χ1n) is 13.2. The zero-order valence-corrected chi connectivity index (χ0v) is 25.4. The Hall–Kier alpha value is -3.88. The molecule has 0 radical (unpaired) electrons. The summed E-state index contributed by atoms with van der Waals surface area (Å²) in [5.74, 6) is 1.21. The summed E-state index contributed by atoms with van der Waals surface area (Å²) in [5.41, 5.74) is 1.10. The molecule has 1 saturated heterocycles. The van der Waals surface area contributed by atoms with Crippen molar-refractivity contribution in [1.82, 2.24) is 14.9 Å². The smallest absolute Gasteiger partial charge is 0.332 e. The molecule has 4 heterocycles. The van der Waals surface area contributed by atoms with Crippen LogP contribution in [0.3, 0.4) is 0 Å². The van der Waals surface area contributed by atoms with Gasteiger partial charge in [0.25, 0.3) is 5.91 Å². The molecule has 0 unspecified atom stereocenters. The summed E-state index contributed by atoms with van der Waals surface area (Å²) in [6, 6.07) is 7.63. The molecule has 2 aliphatic heterocycles. The number of thiophene rings is 1. The Balaban J connectivity index is 1.24. The molecule has 0 bridgehead atoms. The number of carbonyl (C=O) groups excluding carboxylic acids is 2. The van der Waals surface area contributed by atoms with E-state index in [1.54, 1.807) is 24.3 Å². The number of amides is 3. The van der Waals surface area contributed by atoms with E-state index in [-0.39, 0.29) is 15.7 Å². The predicted octanol–water partition coefficient (Wildman–Crippen LogP) is 5.66. The SMILES string of the molecule is COc1cc(N2C(=O)Nc3c(C(=O)Nc4ccc(OCCN5CCOCC5)c(OC)c4)sc4ncnc2c34)c(Cl)cc1Cl. The summed E-state index contributed by atoms with van der Waals surface area (Å²) >= 11 is 13.8. The van der Waals surface area contributed by atoms with E-state index in [2.05, 4.69) is 25.5 Å². The number of rotatable bonds is 9. The van der Waals surface area contributed by atoms with Gasteiger partial charge in [-0.3, -0.25) is 9.69 Å². The molecule has 2 aromatic heterocycles. The van der Waals surface area contributed by atoms with E-state index in [1.165, 1.54) is 31.5 Å². The van der Waals surface area contributed by atoms with Crippen LogP contribution in [0.1, 0.15) is 9.67 Å². The van der Waals surface area contributed by atoms with Crippen molar-refractivity contribution in [2.24, 2.45) is 0 Å². The van der Waals surface area contributed by atoms with Crippen molar-refractivity contribution in [3.05, 3.63) is 51.6 Å². The van der Waals surface area contributed by atoms with Crippen LogP contribution in [0.4, 0.5) is 27.7 Å². The maximum Gasteiger partial charge on any atom is 0.332 e. The summed E-state index contributed by atoms with van der Waals surface area (Å²) in [7, 11) is 3.00. The lowest BCUT2D eigenvalue weighted by Gasteiger charge is -2.28. The number of nitrogens with zero attached hydrogens (tertiary/aromatic N) is 4. The summed E-state index contributed by atoms with van der Waals surface area (Å²) in [6.07, 6.45) is 1.33. The van der Waals surface area contributed by atoms with Crippen LogP contribution in [0, 0.1) is 0 Å². The Morgan fingerprint density at radius 1 is 1.07 bits per heavy atom. The van der Waals surface area contributed by atoms with E-state index in [9.17, 15) is 9.59 Å². The van der Waals surface area contributed by atoms with Crippen LogP contribution in [0.15, 0.2) is 36.7 Å². The van der Waals surface area contributed by atoms with Gasteiger partial charge in [-0.05, 0) is 18.2 Å². The van der Waals surface area contributed by atoms with E-state index in [0.717, 1.165) is 44.2 Å². The second kappa shape index (κ2) is 12.4. The number of hydrogen-bond donors (Lipinski definition) is 2. The number of hydrogen-bond acceptors (Lipinski definition) is 10. The van der Waals surface area contributed by atoms with Gasteiger partial charge in [-0.2, -0.15) is 0 Å². The second-order valence-electron chi connectivity index (χ2n) is 9.51. The highest BCUT2D eigenvalue weighted by Gasteiger charge is 2.35. The number of halogens is 2. The van der Waals surface area contributed by atoms with E-state index >= 15 is 0 Å². The van der Waals surface area contributed by atoms with Gasteiger partial charge in [0.1, 0.15) is 28.4 Å². The van der Waals surface area contributed by atoms with Gasteiger partial charge in [-0.25, -0.2) is 19.7 Å². The summed E-state index contributed by atoms with van der Waals surface area (Å²) in [4.78, 5) is 40.0. The standard InChI is InChI=1S/C28H26Cl2N6O6S/c1-39-20-13-18(16(29)12-17(20)30)36-25-22-23(34-28(36)38)24(43-27(22)32-14-31-25)26(37)33-15-3-4-19(21(11-15)40-2)42-10-7-35-5-8-41-9-6-35/h3-4,11-14H,5-10H2,1-2H3,(H,33,37)(H,34,38). The fourth-order valence-corrected chi connectivity index (χ4v) is 6.39. The molecular weight excluding hydrogens is 619 g/mol. The van der Waals surface area contributed by atoms with Gasteiger partial charge in [0.2, 0.25) is 0 Å². The Kier molecular flexibility index (Phi) is 8.41. The van der Waals surface area contributed by atoms with Gasteiger partial charge in [0, 0.05) is 37.5 Å². The van der Waals surface area contributed by atoms with E-state index < -0.39 is 11.9 Å². The fourth-order valence-electron chi connectivity index (χ4n) is 4.86. The van der Waals surface area contributed by atoms with Crippen LogP contribution in [-0.2, 0) is 4.74 Å². The Labute approximate surface area is 260 Å². The van der Waals surface area contributed by atoms with Crippen LogP contribution in [-0.4, -0.2) is 80.5 Å². The topological polar surface area (TPSA) is 127 Å². The van der Waals surface area contributed by atoms with Gasteiger partial charge in [0.15, 0.2) is 17.3 Å². The summed E-state index contributed by atoms with van der Waals surface area (Å²) in [6.45, 7) is 4.45. The molecule has 2 aromatic carbocycles.